The predicted molar refractivity (Wildman–Crippen MR) is 125 cm³/mol. The standard InChI is InChI=1S/C19H38N6O2.HI/c1-6-20-17(21-8-9-24-12-10-23(7-2)11-13-24)22-16-14-25(15-16)18(26)27-19(3,4)5;/h16H,6-15H2,1-5H3,(H2,20,21,22);1H. The third kappa shape index (κ3) is 8.69. The Labute approximate surface area is 187 Å². The van der Waals surface area contributed by atoms with Crippen LogP contribution >= 0.6 is 24.0 Å². The first-order valence-electron chi connectivity index (χ1n) is 10.3. The molecule has 28 heavy (non-hydrogen) atoms. The number of aliphatic imine (C=N–C) groups is 1. The lowest BCUT2D eigenvalue weighted by molar-refractivity contribution is 0.00700. The summed E-state index contributed by atoms with van der Waals surface area (Å²) < 4.78 is 5.39. The van der Waals surface area contributed by atoms with Crippen LogP contribution in [-0.2, 0) is 4.74 Å². The van der Waals surface area contributed by atoms with Crippen LogP contribution in [0.2, 0.25) is 0 Å². The van der Waals surface area contributed by atoms with Gasteiger partial charge in [-0.2, -0.15) is 0 Å². The molecule has 0 atom stereocenters. The van der Waals surface area contributed by atoms with Gasteiger partial charge in [0.25, 0.3) is 0 Å². The number of carbonyl (C=O) groups excluding carboxylic acids is 1. The third-order valence-electron chi connectivity index (χ3n) is 4.82. The smallest absolute Gasteiger partial charge is 0.410 e. The summed E-state index contributed by atoms with van der Waals surface area (Å²) >= 11 is 0. The summed E-state index contributed by atoms with van der Waals surface area (Å²) in [6.45, 7) is 19.5. The minimum Gasteiger partial charge on any atom is -0.444 e. The van der Waals surface area contributed by atoms with Crippen molar-refractivity contribution in [3.8, 4) is 0 Å². The number of halogens is 1. The van der Waals surface area contributed by atoms with Crippen LogP contribution in [-0.4, -0.2) is 104 Å². The Hall–Kier alpha value is -0.810. The molecule has 8 nitrogen and oxygen atoms in total. The van der Waals surface area contributed by atoms with Crippen LogP contribution in [0.1, 0.15) is 34.6 Å². The van der Waals surface area contributed by atoms with Crippen LogP contribution < -0.4 is 10.6 Å². The Morgan fingerprint density at radius 1 is 1.11 bits per heavy atom. The first kappa shape index (κ1) is 25.2. The topological polar surface area (TPSA) is 72.4 Å². The molecule has 2 fully saturated rings. The zero-order valence-corrected chi connectivity index (χ0v) is 20.5. The minimum absolute atomic E-state index is 0. The second-order valence-corrected chi connectivity index (χ2v) is 8.26. The molecular formula is C19H39IN6O2. The summed E-state index contributed by atoms with van der Waals surface area (Å²) in [5.41, 5.74) is -0.450. The van der Waals surface area contributed by atoms with E-state index in [1.165, 1.54) is 0 Å². The van der Waals surface area contributed by atoms with E-state index in [1.54, 1.807) is 4.90 Å². The lowest BCUT2D eigenvalue weighted by atomic mass is 10.1. The lowest BCUT2D eigenvalue weighted by Crippen LogP contribution is -2.63. The molecule has 0 saturated carbocycles. The number of nitrogens with zero attached hydrogens (tertiary/aromatic N) is 4. The van der Waals surface area contributed by atoms with Gasteiger partial charge in [-0.05, 0) is 34.2 Å². The summed E-state index contributed by atoms with van der Waals surface area (Å²) in [4.78, 5) is 23.4. The number of piperazine rings is 1. The lowest BCUT2D eigenvalue weighted by Gasteiger charge is -2.40. The Balaban J connectivity index is 0.00000392. The highest BCUT2D eigenvalue weighted by atomic mass is 127. The maximum Gasteiger partial charge on any atom is 0.410 e. The van der Waals surface area contributed by atoms with Crippen molar-refractivity contribution < 1.29 is 9.53 Å². The molecule has 1 amide bonds. The fraction of sp³-hybridized carbons (Fsp3) is 0.895. The van der Waals surface area contributed by atoms with E-state index in [-0.39, 0.29) is 36.1 Å². The van der Waals surface area contributed by atoms with Crippen LogP contribution in [0.25, 0.3) is 0 Å². The van der Waals surface area contributed by atoms with Crippen LogP contribution in [0, 0.1) is 0 Å². The van der Waals surface area contributed by atoms with E-state index in [1.807, 2.05) is 20.8 Å². The summed E-state index contributed by atoms with van der Waals surface area (Å²) in [5, 5.41) is 6.71. The van der Waals surface area contributed by atoms with Crippen molar-refractivity contribution >= 4 is 36.0 Å². The molecule has 0 bridgehead atoms. The maximum atomic E-state index is 12.0. The summed E-state index contributed by atoms with van der Waals surface area (Å²) in [6.07, 6.45) is -0.242. The fourth-order valence-electron chi connectivity index (χ4n) is 3.19. The van der Waals surface area contributed by atoms with E-state index < -0.39 is 5.60 Å². The first-order valence-corrected chi connectivity index (χ1v) is 10.3. The highest BCUT2D eigenvalue weighted by molar-refractivity contribution is 14.0. The number of hydrogen-bond donors (Lipinski definition) is 2. The van der Waals surface area contributed by atoms with Gasteiger partial charge in [0.1, 0.15) is 5.60 Å². The number of hydrogen-bond acceptors (Lipinski definition) is 5. The van der Waals surface area contributed by atoms with E-state index in [4.69, 9.17) is 9.73 Å². The summed E-state index contributed by atoms with van der Waals surface area (Å²) in [7, 11) is 0. The molecule has 2 aliphatic heterocycles. The van der Waals surface area contributed by atoms with Gasteiger partial charge in [-0.15, -0.1) is 24.0 Å². The first-order chi connectivity index (χ1) is 12.8. The zero-order valence-electron chi connectivity index (χ0n) is 18.2. The Morgan fingerprint density at radius 2 is 1.71 bits per heavy atom. The van der Waals surface area contributed by atoms with E-state index in [0.717, 1.165) is 58.3 Å². The molecule has 0 spiro atoms. The van der Waals surface area contributed by atoms with Gasteiger partial charge in [0.15, 0.2) is 5.96 Å². The second-order valence-electron chi connectivity index (χ2n) is 8.26. The molecule has 2 heterocycles. The van der Waals surface area contributed by atoms with Crippen LogP contribution in [0.3, 0.4) is 0 Å². The normalized spacial score (nSPS) is 19.6. The molecule has 9 heteroatoms. The quantitative estimate of drug-likeness (QED) is 0.320. The summed E-state index contributed by atoms with van der Waals surface area (Å²) in [5.74, 6) is 0.832. The number of nitrogens with one attached hydrogen (secondary N) is 2. The van der Waals surface area contributed by atoms with Gasteiger partial charge in [-0.1, -0.05) is 6.92 Å². The van der Waals surface area contributed by atoms with E-state index in [2.05, 4.69) is 34.3 Å². The Morgan fingerprint density at radius 3 is 2.25 bits per heavy atom. The molecule has 2 rings (SSSR count). The molecule has 0 aliphatic carbocycles. The van der Waals surface area contributed by atoms with Crippen molar-refractivity contribution in [2.45, 2.75) is 46.3 Å². The molecule has 2 N–H and O–H groups in total. The molecule has 164 valence electrons. The number of ether oxygens (including phenoxy) is 1. The van der Waals surface area contributed by atoms with Crippen molar-refractivity contribution in [1.29, 1.82) is 0 Å². The molecule has 0 radical (unpaired) electrons. The Bertz CT molecular complexity index is 497. The SMILES string of the molecule is CCNC(=NCCN1CCN(CC)CC1)NC1CN(C(=O)OC(C)(C)C)C1.I. The average molecular weight is 510 g/mol. The second kappa shape index (κ2) is 12.0. The van der Waals surface area contributed by atoms with Crippen molar-refractivity contribution in [3.05, 3.63) is 0 Å². The van der Waals surface area contributed by atoms with Gasteiger partial charge in [-0.25, -0.2) is 4.79 Å². The molecule has 2 saturated heterocycles. The number of guanidine groups is 1. The Kier molecular flexibility index (Phi) is 10.8. The van der Waals surface area contributed by atoms with Gasteiger partial charge in [0.2, 0.25) is 0 Å². The minimum atomic E-state index is -0.450. The molecular weight excluding hydrogens is 471 g/mol. The van der Waals surface area contributed by atoms with Crippen molar-refractivity contribution in [1.82, 2.24) is 25.3 Å². The van der Waals surface area contributed by atoms with Crippen LogP contribution in [0.5, 0.6) is 0 Å². The molecule has 0 aromatic carbocycles. The van der Waals surface area contributed by atoms with Gasteiger partial charge in [0.05, 0.1) is 12.6 Å². The number of carbonyl (C=O) groups is 1. The van der Waals surface area contributed by atoms with Crippen molar-refractivity contribution in [2.75, 3.05) is 65.4 Å². The van der Waals surface area contributed by atoms with Gasteiger partial charge in [-0.3, -0.25) is 9.89 Å². The number of likely N-dealkylation sites (tertiary alicyclic amines) is 1. The number of rotatable bonds is 6. The van der Waals surface area contributed by atoms with Gasteiger partial charge >= 0.3 is 6.09 Å². The van der Waals surface area contributed by atoms with Gasteiger partial charge in [0, 0.05) is 52.4 Å². The monoisotopic (exact) mass is 510 g/mol. The third-order valence-corrected chi connectivity index (χ3v) is 4.82. The molecule has 0 unspecified atom stereocenters. The molecule has 0 aromatic heterocycles. The van der Waals surface area contributed by atoms with Gasteiger partial charge < -0.3 is 25.2 Å². The maximum absolute atomic E-state index is 12.0. The largest absolute Gasteiger partial charge is 0.444 e. The highest BCUT2D eigenvalue weighted by Gasteiger charge is 2.34. The number of likely N-dealkylation sites (N-methyl/N-ethyl adjacent to an activating group) is 1. The van der Waals surface area contributed by atoms with Crippen LogP contribution in [0.15, 0.2) is 4.99 Å². The zero-order chi connectivity index (χ0) is 19.9. The predicted octanol–water partition coefficient (Wildman–Crippen LogP) is 1.42. The van der Waals surface area contributed by atoms with E-state index in [0.29, 0.717) is 13.1 Å². The van der Waals surface area contributed by atoms with E-state index >= 15 is 0 Å². The average Bonchev–Trinajstić information content (AvgIpc) is 2.56. The van der Waals surface area contributed by atoms with E-state index in [9.17, 15) is 4.79 Å². The summed E-state index contributed by atoms with van der Waals surface area (Å²) in [6, 6.07) is 0.225. The fourth-order valence-corrected chi connectivity index (χ4v) is 3.19. The van der Waals surface area contributed by atoms with Crippen LogP contribution in [0.4, 0.5) is 4.79 Å². The van der Waals surface area contributed by atoms with Crippen molar-refractivity contribution in [3.63, 3.8) is 0 Å². The number of amides is 1. The molecule has 0 aromatic rings. The van der Waals surface area contributed by atoms with Crippen molar-refractivity contribution in [2.24, 2.45) is 4.99 Å². The highest BCUT2D eigenvalue weighted by Crippen LogP contribution is 2.15. The molecule has 2 aliphatic rings.